The number of pyridine rings is 1. The van der Waals surface area contributed by atoms with Crippen LogP contribution in [0.15, 0.2) is 77.6 Å². The number of benzene rings is 3. The third-order valence-electron chi connectivity index (χ3n) is 6.42. The zero-order chi connectivity index (χ0) is 26.0. The molecule has 36 heavy (non-hydrogen) atoms. The highest BCUT2D eigenvalue weighted by Gasteiger charge is 2.22. The molecule has 2 amide bonds. The molecule has 0 saturated carbocycles. The molecule has 1 N–H and O–H groups in total. The van der Waals surface area contributed by atoms with Crippen LogP contribution in [0.5, 0.6) is 0 Å². The summed E-state index contributed by atoms with van der Waals surface area (Å²) >= 11 is 0. The Morgan fingerprint density at radius 3 is 2.36 bits per heavy atom. The highest BCUT2D eigenvalue weighted by molar-refractivity contribution is 6.14. The summed E-state index contributed by atoms with van der Waals surface area (Å²) in [6.45, 7) is 8.46. The Labute approximate surface area is 211 Å². The molecular weight excluding hydrogens is 450 g/mol. The lowest BCUT2D eigenvalue weighted by Crippen LogP contribution is -2.29. The molecule has 0 saturated heterocycles. The SMILES string of the molecule is CCn1c(=O)cc(C(C)C)c2cc(C(=O)N(C)c3ccc(C)cc3C(=O)Nc3ccccc3)ccc21. The van der Waals surface area contributed by atoms with Crippen molar-refractivity contribution in [3.8, 4) is 0 Å². The van der Waals surface area contributed by atoms with Gasteiger partial charge in [-0.25, -0.2) is 0 Å². The largest absolute Gasteiger partial charge is 0.322 e. The first kappa shape index (κ1) is 24.9. The van der Waals surface area contributed by atoms with Crippen LogP contribution in [0, 0.1) is 6.92 Å². The minimum atomic E-state index is -0.285. The summed E-state index contributed by atoms with van der Waals surface area (Å²) in [6.07, 6.45) is 0. The number of aromatic nitrogens is 1. The van der Waals surface area contributed by atoms with E-state index in [1.165, 1.54) is 4.90 Å². The minimum absolute atomic E-state index is 0.0429. The van der Waals surface area contributed by atoms with E-state index in [4.69, 9.17) is 0 Å². The zero-order valence-corrected chi connectivity index (χ0v) is 21.3. The average molecular weight is 482 g/mol. The van der Waals surface area contributed by atoms with E-state index in [2.05, 4.69) is 5.32 Å². The highest BCUT2D eigenvalue weighted by atomic mass is 16.2. The Morgan fingerprint density at radius 1 is 0.972 bits per heavy atom. The number of aryl methyl sites for hydroxylation is 2. The van der Waals surface area contributed by atoms with Crippen LogP contribution in [0.1, 0.15) is 58.5 Å². The fraction of sp³-hybridized carbons (Fsp3) is 0.233. The van der Waals surface area contributed by atoms with Crippen molar-refractivity contribution in [1.82, 2.24) is 4.57 Å². The standard InChI is InChI=1S/C30H31N3O3/c1-6-33-27-15-13-21(17-24(27)23(19(2)3)18-28(33)34)30(36)32(5)26-14-12-20(4)16-25(26)29(35)31-22-10-8-7-9-11-22/h7-19H,6H2,1-5H3,(H,31,35). The lowest BCUT2D eigenvalue weighted by Gasteiger charge is -2.22. The van der Waals surface area contributed by atoms with Gasteiger partial charge in [-0.1, -0.05) is 43.7 Å². The van der Waals surface area contributed by atoms with E-state index in [1.807, 2.05) is 76.2 Å². The van der Waals surface area contributed by atoms with Gasteiger partial charge in [0.15, 0.2) is 0 Å². The summed E-state index contributed by atoms with van der Waals surface area (Å²) in [7, 11) is 1.67. The monoisotopic (exact) mass is 481 g/mol. The van der Waals surface area contributed by atoms with Crippen LogP contribution in [0.4, 0.5) is 11.4 Å². The number of rotatable bonds is 6. The Balaban J connectivity index is 1.74. The molecule has 0 bridgehead atoms. The number of carbonyl (C=O) groups excluding carboxylic acids is 2. The Morgan fingerprint density at radius 2 is 1.69 bits per heavy atom. The van der Waals surface area contributed by atoms with Crippen molar-refractivity contribution in [3.05, 3.63) is 105 Å². The Hall–Kier alpha value is -4.19. The fourth-order valence-corrected chi connectivity index (χ4v) is 4.49. The molecule has 6 heteroatoms. The number of nitrogens with one attached hydrogen (secondary N) is 1. The second-order valence-electron chi connectivity index (χ2n) is 9.27. The van der Waals surface area contributed by atoms with E-state index in [1.54, 1.807) is 35.9 Å². The summed E-state index contributed by atoms with van der Waals surface area (Å²) < 4.78 is 1.71. The van der Waals surface area contributed by atoms with Gasteiger partial charge in [0.05, 0.1) is 16.8 Å². The topological polar surface area (TPSA) is 71.4 Å². The fourth-order valence-electron chi connectivity index (χ4n) is 4.49. The van der Waals surface area contributed by atoms with Gasteiger partial charge in [-0.2, -0.15) is 0 Å². The smallest absolute Gasteiger partial charge is 0.258 e. The molecule has 0 fully saturated rings. The number of hydrogen-bond acceptors (Lipinski definition) is 3. The van der Waals surface area contributed by atoms with Crippen LogP contribution < -0.4 is 15.8 Å². The zero-order valence-electron chi connectivity index (χ0n) is 21.3. The van der Waals surface area contributed by atoms with Gasteiger partial charge in [0.25, 0.3) is 17.4 Å². The van der Waals surface area contributed by atoms with Crippen LogP contribution in [0.2, 0.25) is 0 Å². The van der Waals surface area contributed by atoms with Crippen LogP contribution >= 0.6 is 0 Å². The number of anilines is 2. The van der Waals surface area contributed by atoms with Gasteiger partial charge in [-0.3, -0.25) is 14.4 Å². The van der Waals surface area contributed by atoms with E-state index in [0.29, 0.717) is 29.0 Å². The quantitative estimate of drug-likeness (QED) is 0.368. The summed E-state index contributed by atoms with van der Waals surface area (Å²) in [5.74, 6) is -0.397. The van der Waals surface area contributed by atoms with Crippen LogP contribution in [0.25, 0.3) is 10.9 Å². The average Bonchev–Trinajstić information content (AvgIpc) is 2.87. The summed E-state index contributed by atoms with van der Waals surface area (Å²) in [5.41, 5.74) is 4.70. The predicted octanol–water partition coefficient (Wildman–Crippen LogP) is 5.98. The number of fused-ring (bicyclic) bond motifs is 1. The molecule has 1 heterocycles. The molecule has 0 radical (unpaired) electrons. The lowest BCUT2D eigenvalue weighted by atomic mass is 9.97. The number of amides is 2. The van der Waals surface area contributed by atoms with Crippen LogP contribution in [0.3, 0.4) is 0 Å². The molecule has 0 aliphatic rings. The van der Waals surface area contributed by atoms with Crippen molar-refractivity contribution in [2.75, 3.05) is 17.3 Å². The second-order valence-corrected chi connectivity index (χ2v) is 9.27. The number of nitrogens with zero attached hydrogens (tertiary/aromatic N) is 2. The summed E-state index contributed by atoms with van der Waals surface area (Å²) in [5, 5.41) is 3.80. The second kappa shape index (κ2) is 10.2. The normalized spacial score (nSPS) is 11.1. The lowest BCUT2D eigenvalue weighted by molar-refractivity contribution is 0.0993. The Bertz CT molecular complexity index is 1500. The first-order valence-electron chi connectivity index (χ1n) is 12.1. The van der Waals surface area contributed by atoms with Gasteiger partial charge >= 0.3 is 0 Å². The van der Waals surface area contributed by atoms with E-state index in [0.717, 1.165) is 22.0 Å². The van der Waals surface area contributed by atoms with Crippen molar-refractivity contribution in [2.45, 2.75) is 40.2 Å². The molecule has 4 rings (SSSR count). The molecule has 0 unspecified atom stereocenters. The van der Waals surface area contributed by atoms with E-state index in [9.17, 15) is 14.4 Å². The summed E-state index contributed by atoms with van der Waals surface area (Å²) in [6, 6.07) is 21.8. The molecule has 0 aliphatic heterocycles. The maximum Gasteiger partial charge on any atom is 0.258 e. The number of hydrogen-bond donors (Lipinski definition) is 1. The highest BCUT2D eigenvalue weighted by Crippen LogP contribution is 2.28. The molecule has 0 spiro atoms. The van der Waals surface area contributed by atoms with Gasteiger partial charge in [0, 0.05) is 36.3 Å². The van der Waals surface area contributed by atoms with Gasteiger partial charge in [0.1, 0.15) is 0 Å². The van der Waals surface area contributed by atoms with Crippen molar-refractivity contribution in [1.29, 1.82) is 0 Å². The number of carbonyl (C=O) groups is 2. The molecule has 184 valence electrons. The van der Waals surface area contributed by atoms with Gasteiger partial charge in [0.2, 0.25) is 0 Å². The molecule has 3 aromatic carbocycles. The van der Waals surface area contributed by atoms with E-state index in [-0.39, 0.29) is 23.3 Å². The maximum atomic E-state index is 13.6. The van der Waals surface area contributed by atoms with Crippen molar-refractivity contribution < 1.29 is 9.59 Å². The predicted molar refractivity (Wildman–Crippen MR) is 146 cm³/mol. The molecule has 0 aliphatic carbocycles. The van der Waals surface area contributed by atoms with E-state index >= 15 is 0 Å². The van der Waals surface area contributed by atoms with E-state index < -0.39 is 0 Å². The maximum absolute atomic E-state index is 13.6. The molecular formula is C30H31N3O3. The third kappa shape index (κ3) is 4.80. The third-order valence-corrected chi connectivity index (χ3v) is 6.42. The van der Waals surface area contributed by atoms with Gasteiger partial charge in [-0.05, 0) is 67.8 Å². The first-order chi connectivity index (χ1) is 17.2. The molecule has 4 aromatic rings. The van der Waals surface area contributed by atoms with Crippen molar-refractivity contribution in [3.63, 3.8) is 0 Å². The minimum Gasteiger partial charge on any atom is -0.322 e. The Kier molecular flexibility index (Phi) is 7.06. The first-order valence-corrected chi connectivity index (χ1v) is 12.1. The molecule has 1 aromatic heterocycles. The molecule has 0 atom stereocenters. The van der Waals surface area contributed by atoms with Crippen molar-refractivity contribution >= 4 is 34.1 Å². The van der Waals surface area contributed by atoms with Gasteiger partial charge < -0.3 is 14.8 Å². The van der Waals surface area contributed by atoms with Crippen LogP contribution in [-0.2, 0) is 6.54 Å². The summed E-state index contributed by atoms with van der Waals surface area (Å²) in [4.78, 5) is 40.9. The number of para-hydroxylation sites is 1. The van der Waals surface area contributed by atoms with Gasteiger partial charge in [-0.15, -0.1) is 0 Å². The van der Waals surface area contributed by atoms with Crippen molar-refractivity contribution in [2.24, 2.45) is 0 Å². The van der Waals surface area contributed by atoms with Crippen LogP contribution in [-0.4, -0.2) is 23.4 Å². The molecule has 6 nitrogen and oxygen atoms in total.